The third kappa shape index (κ3) is 5.60. The molecule has 0 bridgehead atoms. The zero-order chi connectivity index (χ0) is 27.5. The van der Waals surface area contributed by atoms with E-state index in [9.17, 15) is 4.39 Å². The van der Waals surface area contributed by atoms with E-state index in [1.54, 1.807) is 18.5 Å². The molecule has 3 aromatic heterocycles. The van der Waals surface area contributed by atoms with Gasteiger partial charge in [-0.2, -0.15) is 5.10 Å². The summed E-state index contributed by atoms with van der Waals surface area (Å²) in [6.45, 7) is 16.5. The average Bonchev–Trinajstić information content (AvgIpc) is 3.60. The van der Waals surface area contributed by atoms with Gasteiger partial charge < -0.3 is 10.3 Å². The summed E-state index contributed by atoms with van der Waals surface area (Å²) >= 11 is 0. The lowest BCUT2D eigenvalue weighted by Gasteiger charge is -2.11. The highest BCUT2D eigenvalue weighted by molar-refractivity contribution is 5.97. The predicted octanol–water partition coefficient (Wildman–Crippen LogP) is 6.43. The SMILES string of the molecule is C=C\C(=C/C(=C\C)C(/C)=C/C=c1/[nH]nc(-c2cc3c(-c4cccc(F)c4)cncc3[nH]2)c1=C)NC(=C)C1CC1. The van der Waals surface area contributed by atoms with Crippen LogP contribution in [0.25, 0.3) is 46.1 Å². The molecule has 196 valence electrons. The van der Waals surface area contributed by atoms with Gasteiger partial charge in [0, 0.05) is 33.8 Å². The van der Waals surface area contributed by atoms with Crippen molar-refractivity contribution in [2.45, 2.75) is 26.7 Å². The number of halogens is 1. The van der Waals surface area contributed by atoms with Gasteiger partial charge in [0.1, 0.15) is 11.5 Å². The van der Waals surface area contributed by atoms with Crippen molar-refractivity contribution in [2.24, 2.45) is 5.92 Å². The molecule has 0 saturated heterocycles. The Balaban J connectivity index is 1.43. The van der Waals surface area contributed by atoms with Gasteiger partial charge in [-0.25, -0.2) is 4.39 Å². The number of aromatic nitrogens is 4. The van der Waals surface area contributed by atoms with Crippen molar-refractivity contribution in [1.82, 2.24) is 25.5 Å². The fourth-order valence-corrected chi connectivity index (χ4v) is 4.57. The Morgan fingerprint density at radius 2 is 2.03 bits per heavy atom. The lowest BCUT2D eigenvalue weighted by Crippen LogP contribution is -2.21. The zero-order valence-corrected chi connectivity index (χ0v) is 22.3. The van der Waals surface area contributed by atoms with Crippen molar-refractivity contribution in [2.75, 3.05) is 0 Å². The molecule has 1 aliphatic rings. The van der Waals surface area contributed by atoms with Gasteiger partial charge in [0.25, 0.3) is 0 Å². The lowest BCUT2D eigenvalue weighted by atomic mass is 10.0. The molecule has 1 saturated carbocycles. The van der Waals surface area contributed by atoms with Gasteiger partial charge in [-0.05, 0) is 85.7 Å². The van der Waals surface area contributed by atoms with Crippen LogP contribution in [0.15, 0.2) is 103 Å². The van der Waals surface area contributed by atoms with E-state index in [0.29, 0.717) is 5.92 Å². The molecule has 1 aliphatic carbocycles. The topological polar surface area (TPSA) is 69.4 Å². The fourth-order valence-electron chi connectivity index (χ4n) is 4.57. The summed E-state index contributed by atoms with van der Waals surface area (Å²) < 4.78 is 13.9. The van der Waals surface area contributed by atoms with E-state index in [1.165, 1.54) is 25.0 Å². The molecule has 3 heterocycles. The first-order valence-electron chi connectivity index (χ1n) is 13.0. The third-order valence-electron chi connectivity index (χ3n) is 7.01. The van der Waals surface area contributed by atoms with Crippen molar-refractivity contribution in [1.29, 1.82) is 0 Å². The normalized spacial score (nSPS) is 15.2. The van der Waals surface area contributed by atoms with Crippen molar-refractivity contribution >= 4 is 23.6 Å². The molecule has 6 heteroatoms. The number of fused-ring (bicyclic) bond motifs is 1. The van der Waals surface area contributed by atoms with Crippen molar-refractivity contribution < 1.29 is 4.39 Å². The Kier molecular flexibility index (Phi) is 7.28. The highest BCUT2D eigenvalue weighted by atomic mass is 19.1. The molecule has 1 aromatic carbocycles. The van der Waals surface area contributed by atoms with Gasteiger partial charge in [0.2, 0.25) is 0 Å². The first-order valence-corrected chi connectivity index (χ1v) is 13.0. The average molecular weight is 518 g/mol. The molecule has 0 spiro atoms. The Hall–Kier alpha value is -4.71. The summed E-state index contributed by atoms with van der Waals surface area (Å²) in [5.41, 5.74) is 8.14. The van der Waals surface area contributed by atoms with Crippen molar-refractivity contribution in [3.05, 3.63) is 119 Å². The molecule has 4 aromatic rings. The first-order chi connectivity index (χ1) is 18.9. The maximum absolute atomic E-state index is 13.9. The highest BCUT2D eigenvalue weighted by Crippen LogP contribution is 2.34. The third-order valence-corrected chi connectivity index (χ3v) is 7.01. The van der Waals surface area contributed by atoms with Gasteiger partial charge in [-0.1, -0.05) is 44.0 Å². The van der Waals surface area contributed by atoms with Crippen LogP contribution in [0.3, 0.4) is 0 Å². The van der Waals surface area contributed by atoms with E-state index >= 15 is 0 Å². The number of benzene rings is 1. The summed E-state index contributed by atoms with van der Waals surface area (Å²) in [5.74, 6) is 0.285. The number of pyridine rings is 1. The van der Waals surface area contributed by atoms with Crippen LogP contribution < -0.4 is 15.9 Å². The van der Waals surface area contributed by atoms with Crippen LogP contribution >= 0.6 is 0 Å². The quantitative estimate of drug-likeness (QED) is 0.224. The van der Waals surface area contributed by atoms with E-state index < -0.39 is 0 Å². The monoisotopic (exact) mass is 517 g/mol. The fraction of sp³-hybridized carbons (Fsp3) is 0.152. The van der Waals surface area contributed by atoms with Crippen LogP contribution in [0.1, 0.15) is 26.7 Å². The maximum atomic E-state index is 13.9. The summed E-state index contributed by atoms with van der Waals surface area (Å²) in [4.78, 5) is 7.73. The van der Waals surface area contributed by atoms with Crippen molar-refractivity contribution in [3.63, 3.8) is 0 Å². The van der Waals surface area contributed by atoms with Crippen LogP contribution in [-0.4, -0.2) is 20.2 Å². The summed E-state index contributed by atoms with van der Waals surface area (Å²) in [6.07, 6.45) is 15.9. The second-order valence-electron chi connectivity index (χ2n) is 9.79. The number of nitrogens with zero attached hydrogens (tertiary/aromatic N) is 2. The Morgan fingerprint density at radius 1 is 1.21 bits per heavy atom. The molecule has 0 radical (unpaired) electrons. The Labute approximate surface area is 227 Å². The number of allylic oxidation sites excluding steroid dienone is 7. The number of hydrogen-bond acceptors (Lipinski definition) is 3. The number of rotatable bonds is 9. The molecule has 0 unspecified atom stereocenters. The van der Waals surface area contributed by atoms with Crippen LogP contribution in [0, 0.1) is 11.7 Å². The van der Waals surface area contributed by atoms with E-state index in [2.05, 4.69) is 64.3 Å². The summed E-state index contributed by atoms with van der Waals surface area (Å²) in [7, 11) is 0. The van der Waals surface area contributed by atoms with E-state index in [4.69, 9.17) is 0 Å². The van der Waals surface area contributed by atoms with Crippen LogP contribution in [0.2, 0.25) is 0 Å². The number of hydrogen-bond donors (Lipinski definition) is 3. The van der Waals surface area contributed by atoms with Gasteiger partial charge in [0.15, 0.2) is 0 Å². The number of nitrogens with one attached hydrogen (secondary N) is 3. The molecule has 39 heavy (non-hydrogen) atoms. The standard InChI is InChI=1S/C33H32FN5/c1-6-23(16-27(7-2)36-22(5)24-12-13-24)20(3)11-14-30-21(4)33(39-38-30)31-17-28-29(18-35-19-32(28)37-31)25-9-8-10-26(34)15-25/h6-11,14-19,24,36-38H,2,4-5,12-13H2,1,3H3/b20-11+,23-6+,27-16+,30-14+. The highest BCUT2D eigenvalue weighted by Gasteiger charge is 2.24. The smallest absolute Gasteiger partial charge is 0.123 e. The van der Waals surface area contributed by atoms with Crippen LogP contribution in [-0.2, 0) is 0 Å². The molecule has 0 aliphatic heterocycles. The number of H-pyrrole nitrogens is 2. The summed E-state index contributed by atoms with van der Waals surface area (Å²) in [5, 5.41) is 13.6. The largest absolute Gasteiger partial charge is 0.359 e. The predicted molar refractivity (Wildman–Crippen MR) is 159 cm³/mol. The van der Waals surface area contributed by atoms with Gasteiger partial charge in [0.05, 0.1) is 22.8 Å². The molecule has 0 amide bonds. The molecule has 0 atom stereocenters. The van der Waals surface area contributed by atoms with Crippen LogP contribution in [0.5, 0.6) is 0 Å². The van der Waals surface area contributed by atoms with Gasteiger partial charge in [-0.3, -0.25) is 10.1 Å². The number of aromatic amines is 2. The molecule has 1 fully saturated rings. The Bertz CT molecular complexity index is 1780. The Morgan fingerprint density at radius 3 is 2.74 bits per heavy atom. The molecule has 5 rings (SSSR count). The van der Waals surface area contributed by atoms with Crippen molar-refractivity contribution in [3.8, 4) is 22.5 Å². The molecule has 5 nitrogen and oxygen atoms in total. The first kappa shape index (κ1) is 25.9. The lowest BCUT2D eigenvalue weighted by molar-refractivity contribution is 0.628. The van der Waals surface area contributed by atoms with Crippen LogP contribution in [0.4, 0.5) is 4.39 Å². The van der Waals surface area contributed by atoms with E-state index in [0.717, 1.165) is 66.5 Å². The van der Waals surface area contributed by atoms with E-state index in [-0.39, 0.29) is 5.82 Å². The zero-order valence-electron chi connectivity index (χ0n) is 22.3. The van der Waals surface area contributed by atoms with Gasteiger partial charge >= 0.3 is 0 Å². The summed E-state index contributed by atoms with van der Waals surface area (Å²) in [6, 6.07) is 8.53. The second-order valence-corrected chi connectivity index (χ2v) is 9.79. The van der Waals surface area contributed by atoms with E-state index in [1.807, 2.05) is 37.3 Å². The van der Waals surface area contributed by atoms with Gasteiger partial charge in [-0.15, -0.1) is 0 Å². The second kappa shape index (κ2) is 11.0. The maximum Gasteiger partial charge on any atom is 0.123 e. The minimum atomic E-state index is -0.284. The molecular formula is C33H32FN5. The molecular weight excluding hydrogens is 485 g/mol. The minimum absolute atomic E-state index is 0.284. The molecule has 3 N–H and O–H groups in total. The minimum Gasteiger partial charge on any atom is -0.359 e.